The van der Waals surface area contributed by atoms with E-state index in [1.165, 1.54) is 5.56 Å². The average molecular weight is 375 g/mol. The number of anilines is 1. The number of hydrogen-bond acceptors (Lipinski definition) is 5. The zero-order valence-electron chi connectivity index (χ0n) is 16.1. The van der Waals surface area contributed by atoms with E-state index >= 15 is 0 Å². The van der Waals surface area contributed by atoms with Gasteiger partial charge >= 0.3 is 0 Å². The van der Waals surface area contributed by atoms with Gasteiger partial charge in [0.15, 0.2) is 0 Å². The van der Waals surface area contributed by atoms with Crippen molar-refractivity contribution >= 4 is 22.5 Å². The zero-order chi connectivity index (χ0) is 19.5. The van der Waals surface area contributed by atoms with Crippen LogP contribution in [0.2, 0.25) is 0 Å². The van der Waals surface area contributed by atoms with Crippen molar-refractivity contribution in [1.29, 1.82) is 0 Å². The number of rotatable bonds is 4. The lowest BCUT2D eigenvalue weighted by Gasteiger charge is -2.38. The van der Waals surface area contributed by atoms with Crippen molar-refractivity contribution in [3.8, 4) is 0 Å². The highest BCUT2D eigenvalue weighted by molar-refractivity contribution is 5.83. The summed E-state index contributed by atoms with van der Waals surface area (Å²) < 4.78 is 0. The number of carbonyl (C=O) groups is 1. The molecule has 1 aromatic carbocycles. The Morgan fingerprint density at radius 3 is 2.57 bits per heavy atom. The zero-order valence-corrected chi connectivity index (χ0v) is 16.1. The normalized spacial score (nSPS) is 16.2. The minimum absolute atomic E-state index is 0.138. The molecule has 2 N–H and O–H groups in total. The van der Waals surface area contributed by atoms with Gasteiger partial charge in [-0.2, -0.15) is 0 Å². The van der Waals surface area contributed by atoms with Gasteiger partial charge in [-0.05, 0) is 48.9 Å². The molecule has 6 nitrogen and oxygen atoms in total. The van der Waals surface area contributed by atoms with E-state index in [0.717, 1.165) is 48.5 Å². The summed E-state index contributed by atoms with van der Waals surface area (Å²) in [6.45, 7) is 5.45. The molecule has 0 saturated carbocycles. The molecule has 1 unspecified atom stereocenters. The minimum atomic E-state index is 0.138. The quantitative estimate of drug-likeness (QED) is 0.710. The van der Waals surface area contributed by atoms with Crippen LogP contribution in [-0.2, 0) is 11.2 Å². The molecular formula is C22H25N5O. The van der Waals surface area contributed by atoms with Crippen LogP contribution in [0.25, 0.3) is 10.9 Å². The summed E-state index contributed by atoms with van der Waals surface area (Å²) >= 11 is 0. The first-order valence-electron chi connectivity index (χ1n) is 9.67. The molecule has 1 aliphatic rings. The largest absolute Gasteiger partial charge is 0.399 e. The highest BCUT2D eigenvalue weighted by Crippen LogP contribution is 2.21. The Morgan fingerprint density at radius 1 is 1.07 bits per heavy atom. The lowest BCUT2D eigenvalue weighted by Crippen LogP contribution is -2.49. The van der Waals surface area contributed by atoms with E-state index in [9.17, 15) is 4.79 Å². The molecule has 144 valence electrons. The highest BCUT2D eigenvalue weighted by atomic mass is 16.2. The Kier molecular flexibility index (Phi) is 5.21. The summed E-state index contributed by atoms with van der Waals surface area (Å²) in [5.74, 6) is 0.138. The van der Waals surface area contributed by atoms with Gasteiger partial charge in [0.1, 0.15) is 0 Å². The molecule has 0 aliphatic carbocycles. The average Bonchev–Trinajstić information content (AvgIpc) is 2.74. The smallest absolute Gasteiger partial charge is 0.228 e. The molecule has 1 fully saturated rings. The van der Waals surface area contributed by atoms with Crippen LogP contribution < -0.4 is 5.73 Å². The van der Waals surface area contributed by atoms with Gasteiger partial charge in [0.05, 0.1) is 17.6 Å². The number of hydrogen-bond donors (Lipinski definition) is 1. The maximum absolute atomic E-state index is 12.7. The van der Waals surface area contributed by atoms with Gasteiger partial charge in [-0.15, -0.1) is 0 Å². The first kappa shape index (κ1) is 18.4. The lowest BCUT2D eigenvalue weighted by atomic mass is 10.1. The molecule has 4 rings (SSSR count). The van der Waals surface area contributed by atoms with Crippen molar-refractivity contribution < 1.29 is 4.79 Å². The molecule has 1 saturated heterocycles. The first-order valence-corrected chi connectivity index (χ1v) is 9.67. The summed E-state index contributed by atoms with van der Waals surface area (Å²) in [6.07, 6.45) is 3.99. The molecule has 6 heteroatoms. The number of carbonyl (C=O) groups excluding carboxylic acids is 1. The van der Waals surface area contributed by atoms with Crippen molar-refractivity contribution in [2.24, 2.45) is 0 Å². The fourth-order valence-corrected chi connectivity index (χ4v) is 3.76. The third-order valence-electron chi connectivity index (χ3n) is 5.51. The van der Waals surface area contributed by atoms with E-state index in [1.54, 1.807) is 0 Å². The summed E-state index contributed by atoms with van der Waals surface area (Å²) in [5, 5.41) is 0.995. The topological polar surface area (TPSA) is 75.4 Å². The molecule has 1 amide bonds. The van der Waals surface area contributed by atoms with Crippen LogP contribution in [0, 0.1) is 0 Å². The molecule has 0 radical (unpaired) electrons. The standard InChI is InChI=1S/C22H25N5O/c1-16(17-6-8-24-9-7-17)26-10-12-27(13-11-26)22(28)15-20-4-2-18-14-19(23)3-5-21(18)25-20/h2-9,14,16H,10-13,15,23H2,1H3. The molecule has 1 aliphatic heterocycles. The molecule has 28 heavy (non-hydrogen) atoms. The van der Waals surface area contributed by atoms with Gasteiger partial charge in [-0.3, -0.25) is 19.7 Å². The molecule has 0 spiro atoms. The van der Waals surface area contributed by atoms with Crippen molar-refractivity contribution in [3.05, 3.63) is 66.1 Å². The van der Waals surface area contributed by atoms with Gasteiger partial charge in [0.25, 0.3) is 0 Å². The Morgan fingerprint density at radius 2 is 1.82 bits per heavy atom. The second-order valence-electron chi connectivity index (χ2n) is 7.30. The minimum Gasteiger partial charge on any atom is -0.399 e. The number of nitrogens with zero attached hydrogens (tertiary/aromatic N) is 4. The highest BCUT2D eigenvalue weighted by Gasteiger charge is 2.25. The second kappa shape index (κ2) is 7.94. The van der Waals surface area contributed by atoms with Crippen LogP contribution in [0.1, 0.15) is 24.2 Å². The van der Waals surface area contributed by atoms with E-state index in [4.69, 9.17) is 5.73 Å². The third-order valence-corrected chi connectivity index (χ3v) is 5.51. The predicted molar refractivity (Wildman–Crippen MR) is 111 cm³/mol. The SMILES string of the molecule is CC(c1ccncc1)N1CCN(C(=O)Cc2ccc3cc(N)ccc3n2)CC1. The van der Waals surface area contributed by atoms with Gasteiger partial charge in [-0.25, -0.2) is 0 Å². The number of pyridine rings is 2. The van der Waals surface area contributed by atoms with Gasteiger partial charge in [-0.1, -0.05) is 6.07 Å². The number of nitrogen functional groups attached to an aromatic ring is 1. The van der Waals surface area contributed by atoms with Gasteiger partial charge < -0.3 is 10.6 Å². The molecule has 1 atom stereocenters. The lowest BCUT2D eigenvalue weighted by molar-refractivity contribution is -0.132. The summed E-state index contributed by atoms with van der Waals surface area (Å²) in [6, 6.07) is 14.0. The monoisotopic (exact) mass is 375 g/mol. The fraction of sp³-hybridized carbons (Fsp3) is 0.318. The number of aromatic nitrogens is 2. The Labute approximate surface area is 165 Å². The number of fused-ring (bicyclic) bond motifs is 1. The molecule has 0 bridgehead atoms. The van der Waals surface area contributed by atoms with E-state index in [-0.39, 0.29) is 5.91 Å². The van der Waals surface area contributed by atoms with E-state index in [0.29, 0.717) is 12.5 Å². The van der Waals surface area contributed by atoms with E-state index in [2.05, 4.69) is 33.9 Å². The van der Waals surface area contributed by atoms with Crippen molar-refractivity contribution in [1.82, 2.24) is 19.8 Å². The van der Waals surface area contributed by atoms with Crippen LogP contribution in [0.15, 0.2) is 54.9 Å². The van der Waals surface area contributed by atoms with Crippen molar-refractivity contribution in [3.63, 3.8) is 0 Å². The second-order valence-corrected chi connectivity index (χ2v) is 7.30. The maximum atomic E-state index is 12.7. The van der Waals surface area contributed by atoms with Crippen molar-refractivity contribution in [2.45, 2.75) is 19.4 Å². The van der Waals surface area contributed by atoms with Gasteiger partial charge in [0, 0.05) is 55.7 Å². The van der Waals surface area contributed by atoms with E-state index < -0.39 is 0 Å². The van der Waals surface area contributed by atoms with Gasteiger partial charge in [0.2, 0.25) is 5.91 Å². The van der Waals surface area contributed by atoms with Crippen LogP contribution >= 0.6 is 0 Å². The first-order chi connectivity index (χ1) is 13.6. The number of benzene rings is 1. The van der Waals surface area contributed by atoms with Crippen molar-refractivity contribution in [2.75, 3.05) is 31.9 Å². The summed E-state index contributed by atoms with van der Waals surface area (Å²) in [7, 11) is 0. The molecule has 3 heterocycles. The Hall–Kier alpha value is -2.99. The van der Waals surface area contributed by atoms with E-state index in [1.807, 2.05) is 47.6 Å². The predicted octanol–water partition coefficient (Wildman–Crippen LogP) is 2.66. The van der Waals surface area contributed by atoms with Crippen LogP contribution in [0.4, 0.5) is 5.69 Å². The number of amides is 1. The molecule has 2 aromatic heterocycles. The van der Waals surface area contributed by atoms with Crippen LogP contribution in [0.5, 0.6) is 0 Å². The Bertz CT molecular complexity index is 967. The molecule has 3 aromatic rings. The summed E-state index contributed by atoms with van der Waals surface area (Å²) in [4.78, 5) is 25.8. The molecular weight excluding hydrogens is 350 g/mol. The third kappa shape index (κ3) is 3.97. The maximum Gasteiger partial charge on any atom is 0.228 e. The number of nitrogens with two attached hydrogens (primary N) is 1. The van der Waals surface area contributed by atoms with Crippen LogP contribution in [0.3, 0.4) is 0 Å². The number of piperazine rings is 1. The Balaban J connectivity index is 1.36. The van der Waals surface area contributed by atoms with Crippen LogP contribution in [-0.4, -0.2) is 51.9 Å². The summed E-state index contributed by atoms with van der Waals surface area (Å²) in [5.41, 5.74) is 9.47. The fourth-order valence-electron chi connectivity index (χ4n) is 3.76.